The quantitative estimate of drug-likeness (QED) is 0.535. The molecule has 0 unspecified atom stereocenters. The predicted molar refractivity (Wildman–Crippen MR) is 112 cm³/mol. The number of thiazole rings is 1. The zero-order valence-electron chi connectivity index (χ0n) is 15.9. The van der Waals surface area contributed by atoms with Crippen molar-refractivity contribution in [2.75, 3.05) is 19.3 Å². The van der Waals surface area contributed by atoms with Crippen LogP contribution >= 0.6 is 23.1 Å². The average Bonchev–Trinajstić information content (AvgIpc) is 3.11. The highest BCUT2D eigenvalue weighted by molar-refractivity contribution is 7.98. The first kappa shape index (κ1) is 20.1. The second-order valence-electron chi connectivity index (χ2n) is 6.94. The number of hydrogen-bond acceptors (Lipinski definition) is 5. The van der Waals surface area contributed by atoms with Crippen molar-refractivity contribution in [3.05, 3.63) is 53.6 Å². The van der Waals surface area contributed by atoms with E-state index in [1.165, 1.54) is 11.0 Å². The molecule has 29 heavy (non-hydrogen) atoms. The molecule has 0 bridgehead atoms. The van der Waals surface area contributed by atoms with E-state index >= 15 is 0 Å². The first-order valence-electron chi connectivity index (χ1n) is 9.35. The van der Waals surface area contributed by atoms with Gasteiger partial charge in [0.25, 0.3) is 5.19 Å². The minimum atomic E-state index is -0.683. The number of carbonyl (C=O) groups excluding carboxylic acids is 1. The lowest BCUT2D eigenvalue weighted by Crippen LogP contribution is -2.42. The summed E-state index contributed by atoms with van der Waals surface area (Å²) in [4.78, 5) is 19.7. The van der Waals surface area contributed by atoms with Crippen molar-refractivity contribution in [2.45, 2.75) is 30.3 Å². The smallest absolute Gasteiger partial charge is 0.274 e. The summed E-state index contributed by atoms with van der Waals surface area (Å²) in [6.07, 6.45) is 3.69. The number of nitrogens with zero attached hydrogens (tertiary/aromatic N) is 2. The van der Waals surface area contributed by atoms with Crippen LogP contribution in [-0.4, -0.2) is 41.2 Å². The molecule has 4 nitrogen and oxygen atoms in total. The highest BCUT2D eigenvalue weighted by Gasteiger charge is 2.25. The third-order valence-electron chi connectivity index (χ3n) is 4.97. The van der Waals surface area contributed by atoms with Gasteiger partial charge in [-0.15, -0.1) is 11.8 Å². The number of carbonyl (C=O) groups is 1. The van der Waals surface area contributed by atoms with Crippen LogP contribution in [0.25, 0.3) is 10.2 Å². The third-order valence-corrected chi connectivity index (χ3v) is 6.61. The van der Waals surface area contributed by atoms with Gasteiger partial charge in [-0.05, 0) is 30.0 Å². The number of likely N-dealkylation sites (tertiary alicyclic amines) is 1. The Labute approximate surface area is 175 Å². The molecule has 3 aromatic rings. The lowest BCUT2D eigenvalue weighted by Gasteiger charge is -2.31. The number of benzene rings is 2. The monoisotopic (exact) mass is 434 g/mol. The van der Waals surface area contributed by atoms with E-state index in [1.807, 2.05) is 35.4 Å². The number of ether oxygens (including phenoxy) is 1. The molecule has 0 N–H and O–H groups in total. The van der Waals surface area contributed by atoms with Gasteiger partial charge in [-0.3, -0.25) is 4.79 Å². The van der Waals surface area contributed by atoms with Gasteiger partial charge < -0.3 is 9.64 Å². The second-order valence-corrected chi connectivity index (χ2v) is 8.81. The molecule has 1 aromatic heterocycles. The van der Waals surface area contributed by atoms with Crippen LogP contribution in [0.3, 0.4) is 0 Å². The van der Waals surface area contributed by atoms with E-state index in [2.05, 4.69) is 4.98 Å². The van der Waals surface area contributed by atoms with Crippen molar-refractivity contribution >= 4 is 39.2 Å². The van der Waals surface area contributed by atoms with Crippen LogP contribution in [0.15, 0.2) is 41.3 Å². The summed E-state index contributed by atoms with van der Waals surface area (Å²) in [6.45, 7) is 1.22. The summed E-state index contributed by atoms with van der Waals surface area (Å²) < 4.78 is 33.5. The molecule has 1 aliphatic heterocycles. The van der Waals surface area contributed by atoms with E-state index in [0.29, 0.717) is 42.2 Å². The van der Waals surface area contributed by atoms with Crippen LogP contribution in [0, 0.1) is 11.6 Å². The Morgan fingerprint density at radius 1 is 1.24 bits per heavy atom. The van der Waals surface area contributed by atoms with Gasteiger partial charge in [0.15, 0.2) is 5.82 Å². The highest BCUT2D eigenvalue weighted by atomic mass is 32.2. The molecule has 152 valence electrons. The molecule has 8 heteroatoms. The molecule has 1 aliphatic rings. The molecule has 2 heterocycles. The van der Waals surface area contributed by atoms with E-state index in [4.69, 9.17) is 4.74 Å². The van der Waals surface area contributed by atoms with Gasteiger partial charge in [0.1, 0.15) is 17.4 Å². The molecule has 0 spiro atoms. The first-order valence-corrected chi connectivity index (χ1v) is 11.4. The van der Waals surface area contributed by atoms with Crippen molar-refractivity contribution < 1.29 is 18.3 Å². The number of thioether (sulfide) groups is 1. The Hall–Kier alpha value is -2.19. The second kappa shape index (κ2) is 8.67. The molecule has 1 amide bonds. The minimum absolute atomic E-state index is 0.0895. The maximum atomic E-state index is 13.8. The molecule has 4 rings (SSSR count). The Bertz CT molecular complexity index is 1020. The van der Waals surface area contributed by atoms with Crippen LogP contribution in [0.5, 0.6) is 5.19 Å². The number of piperidine rings is 1. The maximum Gasteiger partial charge on any atom is 0.274 e. The Morgan fingerprint density at radius 3 is 2.66 bits per heavy atom. The lowest BCUT2D eigenvalue weighted by molar-refractivity contribution is -0.132. The molecule has 2 aromatic carbocycles. The highest BCUT2D eigenvalue weighted by Crippen LogP contribution is 2.32. The molecule has 0 radical (unpaired) electrons. The number of halogens is 2. The predicted octanol–water partition coefficient (Wildman–Crippen LogP) is 4.91. The van der Waals surface area contributed by atoms with Gasteiger partial charge >= 0.3 is 0 Å². The Kier molecular flexibility index (Phi) is 6.01. The van der Waals surface area contributed by atoms with Crippen molar-refractivity contribution in [3.8, 4) is 5.19 Å². The van der Waals surface area contributed by atoms with E-state index in [1.54, 1.807) is 11.8 Å². The largest absolute Gasteiger partial charge is 0.467 e. The molecule has 0 aliphatic carbocycles. The van der Waals surface area contributed by atoms with Crippen molar-refractivity contribution in [2.24, 2.45) is 0 Å². The SMILES string of the molecule is CSc1ccc(CC(=O)N2CCC(Oc3nc4c(F)cc(F)cc4s3)CC2)cc1. The van der Waals surface area contributed by atoms with Gasteiger partial charge in [0.05, 0.1) is 11.1 Å². The van der Waals surface area contributed by atoms with Crippen LogP contribution in [0.1, 0.15) is 18.4 Å². The van der Waals surface area contributed by atoms with Crippen LogP contribution < -0.4 is 4.74 Å². The average molecular weight is 435 g/mol. The molecule has 1 saturated heterocycles. The number of amides is 1. The van der Waals surface area contributed by atoms with E-state index in [9.17, 15) is 13.6 Å². The molecule has 0 atom stereocenters. The maximum absolute atomic E-state index is 13.8. The topological polar surface area (TPSA) is 42.4 Å². The summed E-state index contributed by atoms with van der Waals surface area (Å²) in [5.74, 6) is -1.20. The standard InChI is InChI=1S/C21H20F2N2O2S2/c1-28-16-4-2-13(3-5-16)10-19(26)25-8-6-15(7-9-25)27-21-24-20-17(23)11-14(22)12-18(20)29-21/h2-5,11-12,15H,6-10H2,1H3. The fourth-order valence-corrected chi connectivity index (χ4v) is 4.71. The van der Waals surface area contributed by atoms with E-state index in [-0.39, 0.29) is 17.5 Å². The number of hydrogen-bond donors (Lipinski definition) is 0. The summed E-state index contributed by atoms with van der Waals surface area (Å²) in [5.41, 5.74) is 1.14. The van der Waals surface area contributed by atoms with Crippen LogP contribution in [-0.2, 0) is 11.2 Å². The number of rotatable bonds is 5. The summed E-state index contributed by atoms with van der Waals surface area (Å²) in [5, 5.41) is 0.336. The minimum Gasteiger partial charge on any atom is -0.467 e. The zero-order valence-corrected chi connectivity index (χ0v) is 17.5. The Morgan fingerprint density at radius 2 is 1.97 bits per heavy atom. The summed E-state index contributed by atoms with van der Waals surface area (Å²) in [6, 6.07) is 10.1. The van der Waals surface area contributed by atoms with Crippen LogP contribution in [0.2, 0.25) is 0 Å². The third kappa shape index (κ3) is 4.70. The van der Waals surface area contributed by atoms with Gasteiger partial charge in [0, 0.05) is 36.9 Å². The van der Waals surface area contributed by atoms with Gasteiger partial charge in [-0.1, -0.05) is 23.5 Å². The van der Waals surface area contributed by atoms with Crippen molar-refractivity contribution in [1.82, 2.24) is 9.88 Å². The summed E-state index contributed by atoms with van der Waals surface area (Å²) in [7, 11) is 0. The fourth-order valence-electron chi connectivity index (χ4n) is 3.38. The molecular weight excluding hydrogens is 414 g/mol. The normalized spacial score (nSPS) is 15.1. The number of aromatic nitrogens is 1. The lowest BCUT2D eigenvalue weighted by atomic mass is 10.1. The molecular formula is C21H20F2N2O2S2. The zero-order chi connectivity index (χ0) is 20.4. The molecule has 0 saturated carbocycles. The first-order chi connectivity index (χ1) is 14.0. The van der Waals surface area contributed by atoms with Crippen LogP contribution in [0.4, 0.5) is 8.78 Å². The van der Waals surface area contributed by atoms with E-state index in [0.717, 1.165) is 23.0 Å². The molecule has 1 fully saturated rings. The van der Waals surface area contributed by atoms with E-state index < -0.39 is 11.6 Å². The number of fused-ring (bicyclic) bond motifs is 1. The van der Waals surface area contributed by atoms with Crippen molar-refractivity contribution in [1.29, 1.82) is 0 Å². The fraction of sp³-hybridized carbons (Fsp3) is 0.333. The van der Waals surface area contributed by atoms with Gasteiger partial charge in [0.2, 0.25) is 5.91 Å². The summed E-state index contributed by atoms with van der Waals surface area (Å²) >= 11 is 2.81. The van der Waals surface area contributed by atoms with Gasteiger partial charge in [-0.2, -0.15) is 4.98 Å². The Balaban J connectivity index is 1.32. The van der Waals surface area contributed by atoms with Crippen molar-refractivity contribution in [3.63, 3.8) is 0 Å². The van der Waals surface area contributed by atoms with Gasteiger partial charge in [-0.25, -0.2) is 8.78 Å².